The summed E-state index contributed by atoms with van der Waals surface area (Å²) >= 11 is 0. The van der Waals surface area contributed by atoms with Crippen molar-refractivity contribution in [1.82, 2.24) is 10.2 Å². The molecule has 1 saturated heterocycles. The van der Waals surface area contributed by atoms with Gasteiger partial charge in [0.15, 0.2) is 0 Å². The van der Waals surface area contributed by atoms with Gasteiger partial charge in [0.1, 0.15) is 0 Å². The first-order valence-electron chi connectivity index (χ1n) is 4.93. The topological polar surface area (TPSA) is 110 Å². The third-order valence-electron chi connectivity index (χ3n) is 2.21. The van der Waals surface area contributed by atoms with E-state index in [1.807, 2.05) is 0 Å². The average molecular weight is 249 g/mol. The SMILES string of the molecule is NS(=O)(=O)CCNC(=O)CN1CCCC1=O. The van der Waals surface area contributed by atoms with Gasteiger partial charge in [-0.2, -0.15) is 0 Å². The number of carbonyl (C=O) groups is 2. The number of nitrogens with two attached hydrogens (primary N) is 1. The van der Waals surface area contributed by atoms with Crippen LogP contribution in [0, 0.1) is 0 Å². The first kappa shape index (κ1) is 12.9. The molecule has 0 radical (unpaired) electrons. The van der Waals surface area contributed by atoms with Crippen LogP contribution in [0.15, 0.2) is 0 Å². The van der Waals surface area contributed by atoms with E-state index in [0.717, 1.165) is 6.42 Å². The predicted octanol–water partition coefficient (Wildman–Crippen LogP) is -1.99. The van der Waals surface area contributed by atoms with Crippen molar-refractivity contribution in [2.75, 3.05) is 25.4 Å². The van der Waals surface area contributed by atoms with Gasteiger partial charge in [-0.15, -0.1) is 0 Å². The molecule has 1 fully saturated rings. The summed E-state index contributed by atoms with van der Waals surface area (Å²) in [5.41, 5.74) is 0. The van der Waals surface area contributed by atoms with Crippen molar-refractivity contribution in [2.24, 2.45) is 5.14 Å². The van der Waals surface area contributed by atoms with E-state index in [0.29, 0.717) is 13.0 Å². The molecule has 0 unspecified atom stereocenters. The zero-order chi connectivity index (χ0) is 12.2. The first-order valence-corrected chi connectivity index (χ1v) is 6.65. The van der Waals surface area contributed by atoms with Crippen molar-refractivity contribution < 1.29 is 18.0 Å². The summed E-state index contributed by atoms with van der Waals surface area (Å²) < 4.78 is 21.1. The molecule has 1 aliphatic rings. The molecular formula is C8H15N3O4S. The highest BCUT2D eigenvalue weighted by Crippen LogP contribution is 2.08. The van der Waals surface area contributed by atoms with Crippen LogP contribution in [0.1, 0.15) is 12.8 Å². The molecule has 0 aliphatic carbocycles. The molecule has 0 saturated carbocycles. The van der Waals surface area contributed by atoms with Crippen LogP contribution in [0.2, 0.25) is 0 Å². The summed E-state index contributed by atoms with van der Waals surface area (Å²) in [4.78, 5) is 23.9. The number of hydrogen-bond donors (Lipinski definition) is 2. The van der Waals surface area contributed by atoms with Gasteiger partial charge in [0.25, 0.3) is 0 Å². The second-order valence-electron chi connectivity index (χ2n) is 3.64. The molecule has 1 aliphatic heterocycles. The van der Waals surface area contributed by atoms with Crippen molar-refractivity contribution in [3.63, 3.8) is 0 Å². The van der Waals surface area contributed by atoms with Crippen LogP contribution in [0.3, 0.4) is 0 Å². The van der Waals surface area contributed by atoms with E-state index in [4.69, 9.17) is 5.14 Å². The quantitative estimate of drug-likeness (QED) is 0.588. The molecule has 0 aromatic heterocycles. The molecule has 0 bridgehead atoms. The normalized spacial score (nSPS) is 16.6. The summed E-state index contributed by atoms with van der Waals surface area (Å²) in [5.74, 6) is -0.701. The number of likely N-dealkylation sites (tertiary alicyclic amines) is 1. The van der Waals surface area contributed by atoms with Crippen LogP contribution in [0.25, 0.3) is 0 Å². The second kappa shape index (κ2) is 5.26. The van der Waals surface area contributed by atoms with Crippen molar-refractivity contribution in [3.05, 3.63) is 0 Å². The Kier molecular flexibility index (Phi) is 4.25. The molecule has 7 nitrogen and oxygen atoms in total. The Hall–Kier alpha value is -1.15. The molecule has 8 heteroatoms. The van der Waals surface area contributed by atoms with Crippen LogP contribution >= 0.6 is 0 Å². The highest BCUT2D eigenvalue weighted by Gasteiger charge is 2.22. The van der Waals surface area contributed by atoms with E-state index in [-0.39, 0.29) is 30.7 Å². The molecule has 16 heavy (non-hydrogen) atoms. The third-order valence-corrected chi connectivity index (χ3v) is 2.99. The second-order valence-corrected chi connectivity index (χ2v) is 5.37. The van der Waals surface area contributed by atoms with Crippen LogP contribution in [0.5, 0.6) is 0 Å². The van der Waals surface area contributed by atoms with Crippen molar-refractivity contribution >= 4 is 21.8 Å². The van der Waals surface area contributed by atoms with Crippen molar-refractivity contribution in [2.45, 2.75) is 12.8 Å². The lowest BCUT2D eigenvalue weighted by Crippen LogP contribution is -2.40. The van der Waals surface area contributed by atoms with Gasteiger partial charge in [-0.3, -0.25) is 9.59 Å². The van der Waals surface area contributed by atoms with E-state index in [1.165, 1.54) is 4.90 Å². The number of hydrogen-bond acceptors (Lipinski definition) is 4. The van der Waals surface area contributed by atoms with Gasteiger partial charge >= 0.3 is 0 Å². The fraction of sp³-hybridized carbons (Fsp3) is 0.750. The number of primary sulfonamides is 1. The monoisotopic (exact) mass is 249 g/mol. The largest absolute Gasteiger partial charge is 0.353 e. The highest BCUT2D eigenvalue weighted by molar-refractivity contribution is 7.89. The smallest absolute Gasteiger partial charge is 0.239 e. The van der Waals surface area contributed by atoms with Gasteiger partial charge in [0, 0.05) is 19.5 Å². The number of amides is 2. The molecule has 3 N–H and O–H groups in total. The van der Waals surface area contributed by atoms with Gasteiger partial charge in [-0.1, -0.05) is 0 Å². The standard InChI is InChI=1S/C8H15N3O4S/c9-16(14,15)5-3-10-7(12)6-11-4-1-2-8(11)13/h1-6H2,(H,10,12)(H2,9,14,15). The molecule has 2 amide bonds. The fourth-order valence-electron chi connectivity index (χ4n) is 1.43. The van der Waals surface area contributed by atoms with Gasteiger partial charge in [0.05, 0.1) is 12.3 Å². The van der Waals surface area contributed by atoms with Crippen LogP contribution in [0.4, 0.5) is 0 Å². The lowest BCUT2D eigenvalue weighted by atomic mass is 10.4. The molecule has 0 atom stereocenters. The molecule has 1 heterocycles. The van der Waals surface area contributed by atoms with Crippen molar-refractivity contribution in [1.29, 1.82) is 0 Å². The first-order chi connectivity index (χ1) is 7.38. The van der Waals surface area contributed by atoms with Gasteiger partial charge in [-0.25, -0.2) is 13.6 Å². The zero-order valence-corrected chi connectivity index (χ0v) is 9.62. The molecule has 0 aromatic carbocycles. The molecule has 0 spiro atoms. The summed E-state index contributed by atoms with van der Waals surface area (Å²) in [6, 6.07) is 0. The molecule has 1 rings (SSSR count). The van der Waals surface area contributed by atoms with E-state index in [9.17, 15) is 18.0 Å². The maximum Gasteiger partial charge on any atom is 0.239 e. The number of carbonyl (C=O) groups excluding carboxylic acids is 2. The van der Waals surface area contributed by atoms with E-state index in [2.05, 4.69) is 5.32 Å². The Morgan fingerprint density at radius 1 is 1.50 bits per heavy atom. The minimum Gasteiger partial charge on any atom is -0.353 e. The van der Waals surface area contributed by atoms with E-state index < -0.39 is 10.0 Å². The average Bonchev–Trinajstić information content (AvgIpc) is 2.49. The Morgan fingerprint density at radius 3 is 2.69 bits per heavy atom. The summed E-state index contributed by atoms with van der Waals surface area (Å²) in [5, 5.41) is 7.16. The fourth-order valence-corrected chi connectivity index (χ4v) is 1.82. The third kappa shape index (κ3) is 4.58. The van der Waals surface area contributed by atoms with E-state index in [1.54, 1.807) is 0 Å². The minimum atomic E-state index is -3.55. The molecular weight excluding hydrogens is 234 g/mol. The maximum atomic E-state index is 11.3. The summed E-state index contributed by atoms with van der Waals surface area (Å²) in [7, 11) is -3.55. The lowest BCUT2D eigenvalue weighted by Gasteiger charge is -2.14. The highest BCUT2D eigenvalue weighted by atomic mass is 32.2. The molecule has 0 aromatic rings. The van der Waals surface area contributed by atoms with Gasteiger partial charge < -0.3 is 10.2 Å². The Bertz CT molecular complexity index is 379. The number of sulfonamides is 1. The Labute approximate surface area is 94.0 Å². The minimum absolute atomic E-state index is 0.0105. The van der Waals surface area contributed by atoms with Crippen molar-refractivity contribution in [3.8, 4) is 0 Å². The lowest BCUT2D eigenvalue weighted by molar-refractivity contribution is -0.133. The van der Waals surface area contributed by atoms with Crippen LogP contribution in [-0.2, 0) is 19.6 Å². The Balaban J connectivity index is 2.23. The molecule has 92 valence electrons. The summed E-state index contributed by atoms with van der Waals surface area (Å²) in [6.07, 6.45) is 1.24. The van der Waals surface area contributed by atoms with Crippen LogP contribution in [-0.4, -0.2) is 50.5 Å². The number of nitrogens with one attached hydrogen (secondary N) is 1. The zero-order valence-electron chi connectivity index (χ0n) is 8.81. The van der Waals surface area contributed by atoms with Crippen LogP contribution < -0.4 is 10.5 Å². The summed E-state index contributed by atoms with van der Waals surface area (Å²) in [6.45, 7) is 0.546. The van der Waals surface area contributed by atoms with Gasteiger partial charge in [-0.05, 0) is 6.42 Å². The Morgan fingerprint density at radius 2 is 2.19 bits per heavy atom. The number of nitrogens with zero attached hydrogens (tertiary/aromatic N) is 1. The van der Waals surface area contributed by atoms with E-state index >= 15 is 0 Å². The maximum absolute atomic E-state index is 11.3. The van der Waals surface area contributed by atoms with Gasteiger partial charge in [0.2, 0.25) is 21.8 Å². The predicted molar refractivity (Wildman–Crippen MR) is 56.8 cm³/mol. The number of rotatable bonds is 5.